The van der Waals surface area contributed by atoms with E-state index in [0.29, 0.717) is 43.1 Å². The fourth-order valence-corrected chi connectivity index (χ4v) is 6.71. The molecule has 3 fully saturated rings. The number of fused-ring (bicyclic) bond motifs is 2. The van der Waals surface area contributed by atoms with Crippen molar-refractivity contribution < 1.29 is 27.9 Å². The smallest absolute Gasteiger partial charge is 0.265 e. The number of piperidine rings is 2. The van der Waals surface area contributed by atoms with Gasteiger partial charge in [0.2, 0.25) is 11.8 Å². The summed E-state index contributed by atoms with van der Waals surface area (Å²) in [5, 5.41) is 3.31. The van der Waals surface area contributed by atoms with Crippen molar-refractivity contribution in [1.82, 2.24) is 20.1 Å². The van der Waals surface area contributed by atoms with Crippen molar-refractivity contribution in [3.63, 3.8) is 0 Å². The molecule has 224 valence electrons. The monoisotopic (exact) mass is 589 g/mol. The van der Waals surface area contributed by atoms with Gasteiger partial charge in [-0.15, -0.1) is 0 Å². The van der Waals surface area contributed by atoms with Gasteiger partial charge in [-0.1, -0.05) is 6.07 Å². The van der Waals surface area contributed by atoms with E-state index in [1.807, 2.05) is 36.4 Å². The molecule has 0 spiro atoms. The molecule has 1 N–H and O–H groups in total. The SMILES string of the molecule is O=C1CCC(N2Cc3cc(O[C@H]4CCN(Cc5ccc6nc(N7CCCC(F)(F)C7)ccc6c5)C4)ccc3C2=O)C(=O)N1. The van der Waals surface area contributed by atoms with Crippen LogP contribution < -0.4 is 15.0 Å². The minimum atomic E-state index is -2.67. The van der Waals surface area contributed by atoms with Gasteiger partial charge in [0.15, 0.2) is 0 Å². The lowest BCUT2D eigenvalue weighted by Gasteiger charge is -2.33. The van der Waals surface area contributed by atoms with Gasteiger partial charge in [0.25, 0.3) is 11.8 Å². The molecule has 4 aliphatic rings. The zero-order valence-electron chi connectivity index (χ0n) is 23.7. The third-order valence-electron chi connectivity index (χ3n) is 8.89. The van der Waals surface area contributed by atoms with Crippen molar-refractivity contribution in [3.8, 4) is 5.75 Å². The van der Waals surface area contributed by atoms with Crippen LogP contribution >= 0.6 is 0 Å². The molecule has 3 saturated heterocycles. The van der Waals surface area contributed by atoms with Crippen LogP contribution in [0.3, 0.4) is 0 Å². The molecule has 0 saturated carbocycles. The number of halogens is 2. The quantitative estimate of drug-likeness (QED) is 0.436. The molecule has 5 heterocycles. The number of hydrogen-bond acceptors (Lipinski definition) is 7. The minimum absolute atomic E-state index is 0.00810. The summed E-state index contributed by atoms with van der Waals surface area (Å²) in [5.41, 5.74) is 3.33. The number of carbonyl (C=O) groups excluding carboxylic acids is 3. The van der Waals surface area contributed by atoms with Crippen LogP contribution in [0.2, 0.25) is 0 Å². The summed E-state index contributed by atoms with van der Waals surface area (Å²) in [6.45, 7) is 3.03. The third-order valence-corrected chi connectivity index (χ3v) is 8.89. The number of alkyl halides is 2. The molecule has 3 aromatic rings. The first-order valence-electron chi connectivity index (χ1n) is 14.9. The summed E-state index contributed by atoms with van der Waals surface area (Å²) in [6, 6.07) is 14.7. The van der Waals surface area contributed by atoms with Gasteiger partial charge in [0.05, 0.1) is 12.1 Å². The molecule has 0 bridgehead atoms. The van der Waals surface area contributed by atoms with Crippen molar-refractivity contribution >= 4 is 34.4 Å². The number of nitrogens with one attached hydrogen (secondary N) is 1. The number of ether oxygens (including phenoxy) is 1. The van der Waals surface area contributed by atoms with Crippen LogP contribution in [0.15, 0.2) is 48.5 Å². The number of nitrogens with zero attached hydrogens (tertiary/aromatic N) is 4. The van der Waals surface area contributed by atoms with E-state index in [-0.39, 0.29) is 37.3 Å². The molecule has 11 heteroatoms. The molecule has 7 rings (SSSR count). The van der Waals surface area contributed by atoms with Gasteiger partial charge in [-0.2, -0.15) is 0 Å². The highest BCUT2D eigenvalue weighted by Crippen LogP contribution is 2.32. The van der Waals surface area contributed by atoms with E-state index in [2.05, 4.69) is 21.3 Å². The Morgan fingerprint density at radius 2 is 1.91 bits per heavy atom. The van der Waals surface area contributed by atoms with E-state index in [4.69, 9.17) is 4.74 Å². The Bertz CT molecular complexity index is 1610. The van der Waals surface area contributed by atoms with E-state index in [1.54, 1.807) is 15.9 Å². The first kappa shape index (κ1) is 27.7. The second-order valence-electron chi connectivity index (χ2n) is 12.1. The highest BCUT2D eigenvalue weighted by atomic mass is 19.3. The van der Waals surface area contributed by atoms with Gasteiger partial charge < -0.3 is 14.5 Å². The third kappa shape index (κ3) is 5.65. The minimum Gasteiger partial charge on any atom is -0.489 e. The lowest BCUT2D eigenvalue weighted by atomic mass is 10.0. The van der Waals surface area contributed by atoms with Crippen molar-refractivity contribution in [3.05, 3.63) is 65.2 Å². The molecule has 1 aromatic heterocycles. The lowest BCUT2D eigenvalue weighted by Crippen LogP contribution is -2.52. The first-order chi connectivity index (χ1) is 20.7. The Hall–Kier alpha value is -4.12. The molecular weight excluding hydrogens is 556 g/mol. The predicted octanol–water partition coefficient (Wildman–Crippen LogP) is 3.88. The maximum Gasteiger partial charge on any atom is 0.265 e. The van der Waals surface area contributed by atoms with Crippen LogP contribution in [0.1, 0.15) is 53.6 Å². The molecule has 3 amide bonds. The Morgan fingerprint density at radius 3 is 2.74 bits per heavy atom. The molecule has 4 aliphatic heterocycles. The summed E-state index contributed by atoms with van der Waals surface area (Å²) in [7, 11) is 0. The standard InChI is InChI=1S/C32H33F2N5O4/c33-32(34)11-1-12-38(19-32)28-8-3-21-14-20(2-6-26(21)35-28)16-37-13-10-24(18-37)43-23-4-5-25-22(15-23)17-39(31(25)42)27-7-9-29(40)36-30(27)41/h2-6,8,14-15,24,27H,1,7,9-13,16-19H2,(H,36,40,41)/t24-,27?/m0/s1. The van der Waals surface area contributed by atoms with Crippen LogP contribution in [0.4, 0.5) is 14.6 Å². The van der Waals surface area contributed by atoms with E-state index >= 15 is 0 Å². The number of hydrogen-bond donors (Lipinski definition) is 1. The van der Waals surface area contributed by atoms with Gasteiger partial charge in [0.1, 0.15) is 23.7 Å². The zero-order valence-corrected chi connectivity index (χ0v) is 23.7. The van der Waals surface area contributed by atoms with Crippen LogP contribution in [0.25, 0.3) is 10.9 Å². The summed E-state index contributed by atoms with van der Waals surface area (Å²) >= 11 is 0. The van der Waals surface area contributed by atoms with Crippen LogP contribution in [0.5, 0.6) is 5.75 Å². The highest BCUT2D eigenvalue weighted by Gasteiger charge is 2.39. The van der Waals surface area contributed by atoms with E-state index in [1.165, 1.54) is 0 Å². The number of pyridine rings is 1. The van der Waals surface area contributed by atoms with Crippen molar-refractivity contribution in [2.75, 3.05) is 31.1 Å². The molecule has 0 radical (unpaired) electrons. The van der Waals surface area contributed by atoms with Crippen molar-refractivity contribution in [2.45, 2.75) is 63.3 Å². The number of rotatable bonds is 6. The molecule has 43 heavy (non-hydrogen) atoms. The Kier molecular flexibility index (Phi) is 6.99. The largest absolute Gasteiger partial charge is 0.489 e. The fraction of sp³-hybridized carbons (Fsp3) is 0.438. The van der Waals surface area contributed by atoms with Gasteiger partial charge in [-0.3, -0.25) is 24.6 Å². The number of imide groups is 1. The zero-order chi connectivity index (χ0) is 29.7. The van der Waals surface area contributed by atoms with Crippen molar-refractivity contribution in [2.24, 2.45) is 0 Å². The summed E-state index contributed by atoms with van der Waals surface area (Å²) in [6.07, 6.45) is 1.83. The molecule has 0 aliphatic carbocycles. The van der Waals surface area contributed by atoms with Crippen LogP contribution in [0, 0.1) is 0 Å². The topological polar surface area (TPSA) is 95.1 Å². The van der Waals surface area contributed by atoms with Gasteiger partial charge >= 0.3 is 0 Å². The number of carbonyl (C=O) groups is 3. The number of amides is 3. The van der Waals surface area contributed by atoms with Gasteiger partial charge in [-0.25, -0.2) is 13.8 Å². The number of anilines is 1. The molecular formula is C32H33F2N5O4. The van der Waals surface area contributed by atoms with E-state index in [0.717, 1.165) is 48.1 Å². The maximum absolute atomic E-state index is 13.9. The molecule has 9 nitrogen and oxygen atoms in total. The normalized spacial score (nSPS) is 24.0. The first-order valence-corrected chi connectivity index (χ1v) is 14.9. The molecule has 2 atom stereocenters. The summed E-state index contributed by atoms with van der Waals surface area (Å²) in [5.74, 6) is -2.30. The lowest BCUT2D eigenvalue weighted by molar-refractivity contribution is -0.136. The van der Waals surface area contributed by atoms with Crippen LogP contribution in [-0.2, 0) is 22.7 Å². The Morgan fingerprint density at radius 1 is 1.02 bits per heavy atom. The second kappa shape index (κ2) is 10.9. The van der Waals surface area contributed by atoms with E-state index < -0.39 is 17.9 Å². The second-order valence-corrected chi connectivity index (χ2v) is 12.1. The summed E-state index contributed by atoms with van der Waals surface area (Å²) < 4.78 is 34.1. The predicted molar refractivity (Wildman–Crippen MR) is 155 cm³/mol. The summed E-state index contributed by atoms with van der Waals surface area (Å²) in [4.78, 5) is 47.0. The fourth-order valence-electron chi connectivity index (χ4n) is 6.71. The number of likely N-dealkylation sites (tertiary alicyclic amines) is 1. The van der Waals surface area contributed by atoms with E-state index in [9.17, 15) is 23.2 Å². The number of benzene rings is 2. The van der Waals surface area contributed by atoms with Crippen LogP contribution in [-0.4, -0.2) is 76.8 Å². The number of aromatic nitrogens is 1. The Balaban J connectivity index is 0.957. The van der Waals surface area contributed by atoms with Gasteiger partial charge in [-0.05, 0) is 72.9 Å². The average molecular weight is 590 g/mol. The molecule has 2 aromatic carbocycles. The average Bonchev–Trinajstić information content (AvgIpc) is 3.55. The van der Waals surface area contributed by atoms with Gasteiger partial charge in [0, 0.05) is 56.5 Å². The Labute approximate surface area is 247 Å². The van der Waals surface area contributed by atoms with Crippen molar-refractivity contribution in [1.29, 1.82) is 0 Å². The molecule has 1 unspecified atom stereocenters. The maximum atomic E-state index is 13.9. The highest BCUT2D eigenvalue weighted by molar-refractivity contribution is 6.05.